The van der Waals surface area contributed by atoms with Crippen LogP contribution in [0.1, 0.15) is 84.0 Å². The van der Waals surface area contributed by atoms with E-state index in [1.807, 2.05) is 12.2 Å². The fraction of sp³-hybridized carbons (Fsp3) is 0.583. The van der Waals surface area contributed by atoms with E-state index in [-0.39, 0.29) is 32.1 Å². The van der Waals surface area contributed by atoms with Crippen LogP contribution in [0.2, 0.25) is 0 Å². The van der Waals surface area contributed by atoms with E-state index in [0.717, 1.165) is 19.3 Å². The van der Waals surface area contributed by atoms with Crippen molar-refractivity contribution in [3.63, 3.8) is 0 Å². The third-order valence-electron chi connectivity index (χ3n) is 4.95. The normalized spacial score (nSPS) is 12.5. The predicted molar refractivity (Wildman–Crippen MR) is 123 cm³/mol. The highest BCUT2D eigenvalue weighted by Gasteiger charge is 2.42. The van der Waals surface area contributed by atoms with Gasteiger partial charge in [-0.25, -0.2) is 0 Å². The van der Waals surface area contributed by atoms with Gasteiger partial charge in [-0.2, -0.15) is 0 Å². The molecule has 0 aromatic rings. The van der Waals surface area contributed by atoms with Crippen molar-refractivity contribution in [2.75, 3.05) is 0 Å². The van der Waals surface area contributed by atoms with Gasteiger partial charge in [-0.15, -0.1) is 0 Å². The number of aliphatic carboxylic acids is 2. The van der Waals surface area contributed by atoms with Crippen molar-refractivity contribution >= 4 is 11.9 Å². The van der Waals surface area contributed by atoms with Crippen LogP contribution in [0.15, 0.2) is 48.6 Å². The molecule has 0 aromatic carbocycles. The van der Waals surface area contributed by atoms with Crippen molar-refractivity contribution in [2.45, 2.75) is 89.5 Å². The number of carbonyl (C=O) groups is 2. The Morgan fingerprint density at radius 2 is 1.26 bits per heavy atom. The summed E-state index contributed by atoms with van der Waals surface area (Å²) in [6.45, 7) is 2.19. The third-order valence-corrected chi connectivity index (χ3v) is 4.95. The molecule has 0 atom stereocenters. The van der Waals surface area contributed by atoms with Crippen LogP contribution in [0.3, 0.4) is 0 Å². The van der Waals surface area contributed by atoms with Crippen LogP contribution in [0.4, 0.5) is 0 Å². The number of unbranched alkanes of at least 4 members (excludes halogenated alkanes) is 3. The third kappa shape index (κ3) is 15.8. The Labute approximate surface area is 185 Å². The lowest BCUT2D eigenvalue weighted by atomic mass is 9.85. The average Bonchev–Trinajstić information content (AvgIpc) is 2.72. The summed E-state index contributed by atoms with van der Waals surface area (Å²) >= 11 is 0. The lowest BCUT2D eigenvalue weighted by Gasteiger charge is -2.23. The van der Waals surface area contributed by atoms with Gasteiger partial charge in [-0.3, -0.25) is 19.7 Å². The smallest absolute Gasteiger partial charge is 0.303 e. The van der Waals surface area contributed by atoms with Gasteiger partial charge in [0.2, 0.25) is 5.54 Å². The van der Waals surface area contributed by atoms with Crippen molar-refractivity contribution in [1.29, 1.82) is 0 Å². The second-order valence-electron chi connectivity index (χ2n) is 7.56. The van der Waals surface area contributed by atoms with Crippen LogP contribution in [0.5, 0.6) is 0 Å². The van der Waals surface area contributed by atoms with Gasteiger partial charge in [-0.1, -0.05) is 68.4 Å². The molecule has 0 spiro atoms. The fourth-order valence-corrected chi connectivity index (χ4v) is 3.01. The topological polar surface area (TPSA) is 118 Å². The second-order valence-corrected chi connectivity index (χ2v) is 7.56. The number of nitro groups is 1. The summed E-state index contributed by atoms with van der Waals surface area (Å²) in [6, 6.07) is 0. The van der Waals surface area contributed by atoms with E-state index in [1.165, 1.54) is 19.3 Å². The van der Waals surface area contributed by atoms with Crippen molar-refractivity contribution < 1.29 is 24.7 Å². The van der Waals surface area contributed by atoms with Gasteiger partial charge in [-0.05, 0) is 32.1 Å². The fourth-order valence-electron chi connectivity index (χ4n) is 3.01. The van der Waals surface area contributed by atoms with Crippen molar-refractivity contribution in [2.24, 2.45) is 0 Å². The molecule has 0 unspecified atom stereocenters. The summed E-state index contributed by atoms with van der Waals surface area (Å²) in [4.78, 5) is 32.7. The maximum atomic E-state index is 11.6. The molecule has 0 rings (SSSR count). The van der Waals surface area contributed by atoms with Crippen molar-refractivity contribution in [1.82, 2.24) is 0 Å². The molecule has 0 aromatic heterocycles. The molecular weight excluding hydrogens is 398 g/mol. The van der Waals surface area contributed by atoms with Crippen LogP contribution in [-0.4, -0.2) is 32.6 Å². The minimum atomic E-state index is -1.57. The number of rotatable bonds is 19. The molecule has 0 aliphatic rings. The van der Waals surface area contributed by atoms with Crippen LogP contribution < -0.4 is 0 Å². The summed E-state index contributed by atoms with van der Waals surface area (Å²) in [5, 5.41) is 29.3. The van der Waals surface area contributed by atoms with Gasteiger partial charge < -0.3 is 10.2 Å². The molecule has 2 N–H and O–H groups in total. The number of allylic oxidation sites excluding steroid dienone is 7. The van der Waals surface area contributed by atoms with E-state index in [2.05, 4.69) is 31.2 Å². The first kappa shape index (κ1) is 28.3. The van der Waals surface area contributed by atoms with Gasteiger partial charge >= 0.3 is 11.9 Å². The van der Waals surface area contributed by atoms with Crippen LogP contribution in [0.25, 0.3) is 0 Å². The molecular formula is C24H37NO6. The van der Waals surface area contributed by atoms with Gasteiger partial charge in [0.05, 0.1) is 12.8 Å². The first-order valence-corrected chi connectivity index (χ1v) is 11.0. The second kappa shape index (κ2) is 18.1. The maximum Gasteiger partial charge on any atom is 0.303 e. The molecule has 0 amide bonds. The highest BCUT2D eigenvalue weighted by Crippen LogP contribution is 2.28. The van der Waals surface area contributed by atoms with E-state index in [0.29, 0.717) is 6.42 Å². The lowest BCUT2D eigenvalue weighted by molar-refractivity contribution is -0.571. The van der Waals surface area contributed by atoms with Crippen molar-refractivity contribution in [3.05, 3.63) is 58.7 Å². The Balaban J connectivity index is 4.40. The van der Waals surface area contributed by atoms with Gasteiger partial charge in [0.25, 0.3) is 0 Å². The molecule has 0 saturated carbocycles. The lowest BCUT2D eigenvalue weighted by Crippen LogP contribution is -2.39. The summed E-state index contributed by atoms with van der Waals surface area (Å²) in [6.07, 6.45) is 22.2. The first-order valence-electron chi connectivity index (χ1n) is 11.0. The zero-order valence-electron chi connectivity index (χ0n) is 18.6. The molecule has 0 aliphatic heterocycles. The Hall–Kier alpha value is -2.70. The van der Waals surface area contributed by atoms with E-state index in [1.54, 1.807) is 12.2 Å². The zero-order valence-corrected chi connectivity index (χ0v) is 18.6. The SMILES string of the molecule is CCCCCC=CCC=CCC=CCC=CCC(CCC(=O)O)(CCC(=O)O)[N+](=O)[O-]. The molecule has 0 bridgehead atoms. The summed E-state index contributed by atoms with van der Waals surface area (Å²) < 4.78 is 0. The summed E-state index contributed by atoms with van der Waals surface area (Å²) in [7, 11) is 0. The molecule has 0 aliphatic carbocycles. The molecule has 0 saturated heterocycles. The Morgan fingerprint density at radius 3 is 1.68 bits per heavy atom. The molecule has 0 fully saturated rings. The van der Waals surface area contributed by atoms with E-state index in [4.69, 9.17) is 10.2 Å². The van der Waals surface area contributed by atoms with E-state index < -0.39 is 22.4 Å². The number of carboxylic acids is 2. The number of carboxylic acid groups (broad SMARTS) is 2. The predicted octanol–water partition coefficient (Wildman–Crippen LogP) is 6.10. The van der Waals surface area contributed by atoms with Gasteiger partial charge in [0.15, 0.2) is 0 Å². The average molecular weight is 436 g/mol. The Kier molecular flexibility index (Phi) is 16.5. The Bertz CT molecular complexity index is 630. The van der Waals surface area contributed by atoms with E-state index in [9.17, 15) is 19.7 Å². The van der Waals surface area contributed by atoms with Gasteiger partial charge in [0, 0.05) is 24.2 Å². The van der Waals surface area contributed by atoms with E-state index >= 15 is 0 Å². The molecule has 174 valence electrons. The van der Waals surface area contributed by atoms with Crippen LogP contribution in [-0.2, 0) is 9.59 Å². The maximum absolute atomic E-state index is 11.6. The number of hydrogen-bond acceptors (Lipinski definition) is 4. The van der Waals surface area contributed by atoms with Crippen molar-refractivity contribution in [3.8, 4) is 0 Å². The molecule has 31 heavy (non-hydrogen) atoms. The standard InChI is InChI=1S/C24H37NO6/c1-2-3-4-5-6-7-8-9-10-11-12-13-14-15-16-19-24(25(30)31,20-17-22(26)27)21-18-23(28)29/h6-7,9-10,12-13,15-16H,2-5,8,11,14,17-21H2,1H3,(H,26,27)(H,28,29). The van der Waals surface area contributed by atoms with Gasteiger partial charge in [0.1, 0.15) is 0 Å². The minimum Gasteiger partial charge on any atom is -0.481 e. The molecule has 7 heteroatoms. The minimum absolute atomic E-state index is 0.0128. The molecule has 0 radical (unpaired) electrons. The first-order chi connectivity index (χ1) is 14.8. The number of hydrogen-bond donors (Lipinski definition) is 2. The van der Waals surface area contributed by atoms with Crippen LogP contribution in [0, 0.1) is 10.1 Å². The molecule has 0 heterocycles. The largest absolute Gasteiger partial charge is 0.481 e. The number of nitrogens with zero attached hydrogens (tertiary/aromatic N) is 1. The highest BCUT2D eigenvalue weighted by molar-refractivity contribution is 5.67. The zero-order chi connectivity index (χ0) is 23.4. The highest BCUT2D eigenvalue weighted by atomic mass is 16.6. The Morgan fingerprint density at radius 1 is 0.806 bits per heavy atom. The summed E-state index contributed by atoms with van der Waals surface area (Å²) in [5.41, 5.74) is -1.57. The van der Waals surface area contributed by atoms with Crippen LogP contribution >= 0.6 is 0 Å². The summed E-state index contributed by atoms with van der Waals surface area (Å²) in [5.74, 6) is -2.26. The quantitative estimate of drug-likeness (QED) is 0.110. The molecule has 7 nitrogen and oxygen atoms in total. The monoisotopic (exact) mass is 435 g/mol.